The minimum Gasteiger partial charge on any atom is -0.335 e. The molecule has 1 aromatic heterocycles. The highest BCUT2D eigenvalue weighted by Crippen LogP contribution is 2.59. The lowest BCUT2D eigenvalue weighted by Gasteiger charge is -2.34. The SMILES string of the molecule is CC(C)(C)n1c2ccccc2c2ccc(C(c3ccc(-c4ccc5ccccc5c4-c4ccccc4)cc3)c3ccc4c(c3)C(c3ccccc3)(c3ccccc3)c3cccc(-c5ccccc5)c3-4)cc21. The van der Waals surface area contributed by atoms with E-state index in [9.17, 15) is 0 Å². The molecule has 0 fully saturated rings. The summed E-state index contributed by atoms with van der Waals surface area (Å²) in [6, 6.07) is 97.7. The first-order valence-corrected chi connectivity index (χ1v) is 25.0. The third kappa shape index (κ3) is 6.83. The van der Waals surface area contributed by atoms with Crippen LogP contribution in [0.4, 0.5) is 0 Å². The molecule has 1 aliphatic rings. The molecule has 0 radical (unpaired) electrons. The Hall–Kier alpha value is -8.52. The summed E-state index contributed by atoms with van der Waals surface area (Å²) in [7, 11) is 0. The lowest BCUT2D eigenvalue weighted by atomic mass is 9.67. The molecule has 0 N–H and O–H groups in total. The van der Waals surface area contributed by atoms with Gasteiger partial charge in [0, 0.05) is 33.3 Å². The van der Waals surface area contributed by atoms with Crippen LogP contribution in [0.15, 0.2) is 261 Å². The summed E-state index contributed by atoms with van der Waals surface area (Å²) in [5.74, 6) is -0.0862. The number of nitrogens with zero attached hydrogens (tertiary/aromatic N) is 1. The van der Waals surface area contributed by atoms with Gasteiger partial charge in [0.1, 0.15) is 0 Å². The van der Waals surface area contributed by atoms with E-state index in [1.54, 1.807) is 0 Å². The average molecular weight is 908 g/mol. The molecule has 1 unspecified atom stereocenters. The van der Waals surface area contributed by atoms with Crippen molar-refractivity contribution in [3.8, 4) is 44.5 Å². The van der Waals surface area contributed by atoms with Gasteiger partial charge in [0.05, 0.1) is 5.41 Å². The minimum atomic E-state index is -0.574. The average Bonchev–Trinajstić information content (AvgIpc) is 3.93. The Bertz CT molecular complexity index is 3890. The second-order valence-corrected chi connectivity index (χ2v) is 20.3. The van der Waals surface area contributed by atoms with Crippen LogP contribution in [0.25, 0.3) is 77.1 Å². The molecule has 71 heavy (non-hydrogen) atoms. The van der Waals surface area contributed by atoms with E-state index in [4.69, 9.17) is 0 Å². The predicted molar refractivity (Wildman–Crippen MR) is 299 cm³/mol. The van der Waals surface area contributed by atoms with E-state index in [1.165, 1.54) is 116 Å². The zero-order chi connectivity index (χ0) is 47.7. The molecule has 0 saturated heterocycles. The summed E-state index contributed by atoms with van der Waals surface area (Å²) < 4.78 is 2.55. The van der Waals surface area contributed by atoms with Gasteiger partial charge in [0.15, 0.2) is 0 Å². The van der Waals surface area contributed by atoms with Crippen molar-refractivity contribution in [2.24, 2.45) is 0 Å². The number of aromatic nitrogens is 1. The van der Waals surface area contributed by atoms with E-state index in [1.807, 2.05) is 0 Å². The van der Waals surface area contributed by atoms with Crippen LogP contribution in [0, 0.1) is 0 Å². The minimum absolute atomic E-state index is 0.0862. The summed E-state index contributed by atoms with van der Waals surface area (Å²) in [5.41, 5.74) is 20.7. The Morgan fingerprint density at radius 3 is 1.55 bits per heavy atom. The topological polar surface area (TPSA) is 4.93 Å². The lowest BCUT2D eigenvalue weighted by Crippen LogP contribution is -2.28. The molecule has 338 valence electrons. The van der Waals surface area contributed by atoms with Crippen molar-refractivity contribution in [2.75, 3.05) is 0 Å². The summed E-state index contributed by atoms with van der Waals surface area (Å²) in [4.78, 5) is 0. The molecule has 1 heteroatoms. The van der Waals surface area contributed by atoms with Crippen molar-refractivity contribution in [3.63, 3.8) is 0 Å². The maximum atomic E-state index is 2.57. The summed E-state index contributed by atoms with van der Waals surface area (Å²) >= 11 is 0. The number of hydrogen-bond acceptors (Lipinski definition) is 0. The third-order valence-electron chi connectivity index (χ3n) is 15.3. The Morgan fingerprint density at radius 2 is 0.859 bits per heavy atom. The summed E-state index contributed by atoms with van der Waals surface area (Å²) in [6.45, 7) is 6.98. The predicted octanol–water partition coefficient (Wildman–Crippen LogP) is 18.2. The number of benzene rings is 11. The van der Waals surface area contributed by atoms with Crippen molar-refractivity contribution < 1.29 is 0 Å². The van der Waals surface area contributed by atoms with Crippen molar-refractivity contribution in [1.82, 2.24) is 4.57 Å². The van der Waals surface area contributed by atoms with Gasteiger partial charge in [0.25, 0.3) is 0 Å². The lowest BCUT2D eigenvalue weighted by molar-refractivity contribution is 0.423. The fourth-order valence-corrected chi connectivity index (χ4v) is 12.3. The summed E-state index contributed by atoms with van der Waals surface area (Å²) in [5, 5.41) is 5.07. The molecule has 0 bridgehead atoms. The van der Waals surface area contributed by atoms with E-state index in [2.05, 4.69) is 286 Å². The Labute approximate surface area is 417 Å². The van der Waals surface area contributed by atoms with Crippen LogP contribution < -0.4 is 0 Å². The monoisotopic (exact) mass is 907 g/mol. The maximum Gasteiger partial charge on any atom is 0.0713 e. The van der Waals surface area contributed by atoms with Gasteiger partial charge >= 0.3 is 0 Å². The van der Waals surface area contributed by atoms with Crippen molar-refractivity contribution >= 4 is 32.6 Å². The highest BCUT2D eigenvalue weighted by Gasteiger charge is 2.47. The van der Waals surface area contributed by atoms with Gasteiger partial charge in [-0.15, -0.1) is 0 Å². The van der Waals surface area contributed by atoms with Crippen LogP contribution in [0.3, 0.4) is 0 Å². The van der Waals surface area contributed by atoms with Crippen LogP contribution in [-0.2, 0) is 11.0 Å². The Kier molecular flexibility index (Phi) is 10.1. The standard InChI is InChI=1S/C70H53N/c1-69(2,3)71-64-34-19-18-31-59(64)60-43-40-53(46-65(60)71)66(51-37-35-49(36-38-51)58-42-39-48-23-16-17-30-56(48)67(58)50-24-10-5-11-25-50)52-41-44-61-63(45-52)70(54-26-12-6-13-27-54,55-28-14-7-15-29-55)62-33-20-32-57(68(61)62)47-21-8-4-9-22-47/h4-46,66H,1-3H3. The number of hydrogen-bond donors (Lipinski definition) is 0. The van der Waals surface area contributed by atoms with E-state index < -0.39 is 5.41 Å². The van der Waals surface area contributed by atoms with Gasteiger partial charge in [-0.1, -0.05) is 249 Å². The third-order valence-corrected chi connectivity index (χ3v) is 15.3. The van der Waals surface area contributed by atoms with Crippen molar-refractivity contribution in [2.45, 2.75) is 37.6 Å². The highest BCUT2D eigenvalue weighted by atomic mass is 15.0. The zero-order valence-corrected chi connectivity index (χ0v) is 40.4. The van der Waals surface area contributed by atoms with Gasteiger partial charge in [-0.05, 0) is 127 Å². The molecule has 1 aliphatic carbocycles. The first kappa shape index (κ1) is 42.6. The van der Waals surface area contributed by atoms with Crippen LogP contribution in [0.5, 0.6) is 0 Å². The molecule has 0 saturated carbocycles. The molecule has 13 rings (SSSR count). The summed E-state index contributed by atoms with van der Waals surface area (Å²) in [6.07, 6.45) is 0. The fraction of sp³-hybridized carbons (Fsp3) is 0.0857. The second-order valence-electron chi connectivity index (χ2n) is 20.3. The van der Waals surface area contributed by atoms with Crippen LogP contribution in [-0.4, -0.2) is 4.57 Å². The van der Waals surface area contributed by atoms with Crippen LogP contribution >= 0.6 is 0 Å². The van der Waals surface area contributed by atoms with Crippen molar-refractivity contribution in [3.05, 3.63) is 300 Å². The van der Waals surface area contributed by atoms with E-state index in [-0.39, 0.29) is 11.5 Å². The van der Waals surface area contributed by atoms with E-state index in [0.29, 0.717) is 0 Å². The molecular formula is C70H53N. The van der Waals surface area contributed by atoms with Gasteiger partial charge < -0.3 is 4.57 Å². The molecule has 1 atom stereocenters. The first-order valence-electron chi connectivity index (χ1n) is 25.0. The van der Waals surface area contributed by atoms with Crippen LogP contribution in [0.2, 0.25) is 0 Å². The maximum absolute atomic E-state index is 2.57. The molecule has 1 nitrogen and oxygen atoms in total. The molecule has 1 heterocycles. The smallest absolute Gasteiger partial charge is 0.0713 e. The number of para-hydroxylation sites is 1. The van der Waals surface area contributed by atoms with Crippen molar-refractivity contribution in [1.29, 1.82) is 0 Å². The van der Waals surface area contributed by atoms with Gasteiger partial charge in [-0.25, -0.2) is 0 Å². The van der Waals surface area contributed by atoms with Gasteiger partial charge in [0.2, 0.25) is 0 Å². The van der Waals surface area contributed by atoms with Gasteiger partial charge in [-0.3, -0.25) is 0 Å². The van der Waals surface area contributed by atoms with Crippen LogP contribution in [0.1, 0.15) is 65.6 Å². The van der Waals surface area contributed by atoms with E-state index >= 15 is 0 Å². The Morgan fingerprint density at radius 1 is 0.338 bits per heavy atom. The molecule has 12 aromatic rings. The van der Waals surface area contributed by atoms with E-state index in [0.717, 1.165) is 0 Å². The quantitative estimate of drug-likeness (QED) is 0.134. The molecule has 11 aromatic carbocycles. The number of fused-ring (bicyclic) bond motifs is 7. The normalized spacial score (nSPS) is 13.3. The number of rotatable bonds is 8. The highest BCUT2D eigenvalue weighted by molar-refractivity contribution is 6.09. The molecule has 0 amide bonds. The zero-order valence-electron chi connectivity index (χ0n) is 40.4. The molecule has 0 aliphatic heterocycles. The Balaban J connectivity index is 1.07. The first-order chi connectivity index (χ1) is 34.9. The largest absolute Gasteiger partial charge is 0.335 e. The van der Waals surface area contributed by atoms with Gasteiger partial charge in [-0.2, -0.15) is 0 Å². The second kappa shape index (κ2) is 16.9. The fourth-order valence-electron chi connectivity index (χ4n) is 12.3. The molecular weight excluding hydrogens is 855 g/mol. The molecule has 0 spiro atoms.